The topological polar surface area (TPSA) is 79.4 Å². The number of aromatic nitrogens is 1. The van der Waals surface area contributed by atoms with Crippen LogP contribution in [-0.2, 0) is 0 Å². The Bertz CT molecular complexity index is 1090. The fourth-order valence-corrected chi connectivity index (χ4v) is 3.57. The minimum Gasteiger partial charge on any atom is -0.298 e. The zero-order valence-electron chi connectivity index (χ0n) is 14.6. The van der Waals surface area contributed by atoms with Crippen molar-refractivity contribution < 1.29 is 14.4 Å². The number of carbonyl (C=O) groups is 3. The van der Waals surface area contributed by atoms with Crippen LogP contribution in [0.5, 0.6) is 0 Å². The molecule has 0 bridgehead atoms. The van der Waals surface area contributed by atoms with Crippen LogP contribution in [-0.4, -0.2) is 34.7 Å². The van der Waals surface area contributed by atoms with Crippen molar-refractivity contribution in [3.63, 3.8) is 0 Å². The van der Waals surface area contributed by atoms with E-state index in [0.717, 1.165) is 21.7 Å². The second-order valence-corrected chi connectivity index (χ2v) is 7.15. The predicted molar refractivity (Wildman–Crippen MR) is 103 cm³/mol. The third-order valence-electron chi connectivity index (χ3n) is 4.42. The Kier molecular flexibility index (Phi) is 4.08. The smallest absolute Gasteiger partial charge is 0.261 e. The highest BCUT2D eigenvalue weighted by molar-refractivity contribution is 7.14. The highest BCUT2D eigenvalue weighted by Crippen LogP contribution is 2.26. The number of hydrogen-bond donors (Lipinski definition) is 1. The molecule has 3 aromatic rings. The molecule has 3 amide bonds. The van der Waals surface area contributed by atoms with Crippen molar-refractivity contribution in [1.29, 1.82) is 0 Å². The Balaban J connectivity index is 1.55. The van der Waals surface area contributed by atoms with Gasteiger partial charge in [0.2, 0.25) is 0 Å². The van der Waals surface area contributed by atoms with E-state index in [1.807, 2.05) is 36.6 Å². The lowest BCUT2D eigenvalue weighted by Gasteiger charge is -2.03. The number of nitrogens with one attached hydrogen (secondary N) is 1. The largest absolute Gasteiger partial charge is 0.298 e. The lowest BCUT2D eigenvalue weighted by molar-refractivity contribution is 0.0693. The van der Waals surface area contributed by atoms with Gasteiger partial charge in [-0.1, -0.05) is 29.8 Å². The van der Waals surface area contributed by atoms with E-state index in [-0.39, 0.29) is 17.4 Å². The van der Waals surface area contributed by atoms with Crippen LogP contribution in [0.15, 0.2) is 47.8 Å². The van der Waals surface area contributed by atoms with Gasteiger partial charge in [-0.25, -0.2) is 4.98 Å². The normalized spacial score (nSPS) is 13.0. The summed E-state index contributed by atoms with van der Waals surface area (Å²) in [6.45, 7) is 2.02. The van der Waals surface area contributed by atoms with Crippen LogP contribution in [0.3, 0.4) is 0 Å². The lowest BCUT2D eigenvalue weighted by atomic mass is 10.1. The molecule has 1 aliphatic rings. The third-order valence-corrected chi connectivity index (χ3v) is 5.18. The molecule has 0 spiro atoms. The van der Waals surface area contributed by atoms with Crippen LogP contribution >= 0.6 is 11.3 Å². The summed E-state index contributed by atoms with van der Waals surface area (Å²) >= 11 is 1.33. The van der Waals surface area contributed by atoms with Gasteiger partial charge >= 0.3 is 0 Å². The third kappa shape index (κ3) is 3.02. The van der Waals surface area contributed by atoms with Gasteiger partial charge in [-0.2, -0.15) is 0 Å². The summed E-state index contributed by atoms with van der Waals surface area (Å²) in [7, 11) is 1.42. The van der Waals surface area contributed by atoms with Crippen molar-refractivity contribution in [2.24, 2.45) is 0 Å². The Hall–Kier alpha value is -3.32. The van der Waals surface area contributed by atoms with E-state index in [1.165, 1.54) is 36.6 Å². The summed E-state index contributed by atoms with van der Waals surface area (Å²) < 4.78 is 0. The quantitative estimate of drug-likeness (QED) is 0.708. The molecule has 0 saturated carbocycles. The second kappa shape index (κ2) is 6.44. The van der Waals surface area contributed by atoms with Crippen LogP contribution in [0, 0.1) is 6.92 Å². The Labute approximate surface area is 159 Å². The molecular formula is C20H15N3O3S. The van der Waals surface area contributed by atoms with E-state index < -0.39 is 5.91 Å². The average Bonchev–Trinajstić information content (AvgIpc) is 3.22. The molecule has 134 valence electrons. The fourth-order valence-electron chi connectivity index (χ4n) is 2.86. The molecule has 27 heavy (non-hydrogen) atoms. The first-order valence-electron chi connectivity index (χ1n) is 8.24. The number of imide groups is 1. The minimum absolute atomic E-state index is 0.245. The van der Waals surface area contributed by atoms with E-state index in [0.29, 0.717) is 16.3 Å². The molecule has 4 rings (SSSR count). The van der Waals surface area contributed by atoms with Gasteiger partial charge in [-0.3, -0.25) is 24.6 Å². The number of amides is 3. The summed E-state index contributed by atoms with van der Waals surface area (Å²) in [6.07, 6.45) is 0. The number of anilines is 1. The average molecular weight is 377 g/mol. The van der Waals surface area contributed by atoms with Crippen molar-refractivity contribution in [2.75, 3.05) is 12.4 Å². The molecule has 2 aromatic carbocycles. The number of aryl methyl sites for hydroxylation is 1. The molecule has 1 N–H and O–H groups in total. The van der Waals surface area contributed by atoms with Crippen molar-refractivity contribution >= 4 is 34.2 Å². The SMILES string of the molecule is Cc1ccc(-c2csc(NC(=O)c3ccc4c(c3)C(=O)N(C)C4=O)n2)cc1. The Morgan fingerprint density at radius 2 is 1.74 bits per heavy atom. The number of rotatable bonds is 3. The van der Waals surface area contributed by atoms with E-state index >= 15 is 0 Å². The first-order chi connectivity index (χ1) is 12.9. The van der Waals surface area contributed by atoms with E-state index in [1.54, 1.807) is 0 Å². The van der Waals surface area contributed by atoms with Crippen molar-refractivity contribution in [3.05, 3.63) is 70.1 Å². The standard InChI is InChI=1S/C20H15N3O3S/c1-11-3-5-12(6-4-11)16-10-27-20(21-16)22-17(24)13-7-8-14-15(9-13)19(26)23(2)18(14)25/h3-10H,1-2H3,(H,21,22,24). The molecule has 0 fully saturated rings. The van der Waals surface area contributed by atoms with Gasteiger partial charge < -0.3 is 0 Å². The molecule has 0 aliphatic carbocycles. The fraction of sp³-hybridized carbons (Fsp3) is 0.100. The summed E-state index contributed by atoms with van der Waals surface area (Å²) in [5.41, 5.74) is 3.79. The summed E-state index contributed by atoms with van der Waals surface area (Å²) in [5, 5.41) is 5.09. The predicted octanol–water partition coefficient (Wildman–Crippen LogP) is 3.60. The maximum Gasteiger partial charge on any atom is 0.261 e. The van der Waals surface area contributed by atoms with Crippen LogP contribution in [0.25, 0.3) is 11.3 Å². The van der Waals surface area contributed by atoms with Gasteiger partial charge in [-0.15, -0.1) is 11.3 Å². The maximum absolute atomic E-state index is 12.5. The number of nitrogens with zero attached hydrogens (tertiary/aromatic N) is 2. The van der Waals surface area contributed by atoms with Gasteiger partial charge in [0.15, 0.2) is 5.13 Å². The van der Waals surface area contributed by atoms with Crippen LogP contribution < -0.4 is 5.32 Å². The van der Waals surface area contributed by atoms with Gasteiger partial charge in [0.25, 0.3) is 17.7 Å². The number of benzene rings is 2. The zero-order chi connectivity index (χ0) is 19.1. The Morgan fingerprint density at radius 1 is 1.04 bits per heavy atom. The van der Waals surface area contributed by atoms with E-state index in [9.17, 15) is 14.4 Å². The first kappa shape index (κ1) is 17.1. The van der Waals surface area contributed by atoms with Gasteiger partial charge in [-0.05, 0) is 25.1 Å². The summed E-state index contributed by atoms with van der Waals surface area (Å²) in [4.78, 5) is 42.0. The summed E-state index contributed by atoms with van der Waals surface area (Å²) in [5.74, 6) is -1.14. The zero-order valence-corrected chi connectivity index (χ0v) is 15.5. The van der Waals surface area contributed by atoms with Gasteiger partial charge in [0.1, 0.15) is 0 Å². The second-order valence-electron chi connectivity index (χ2n) is 6.29. The van der Waals surface area contributed by atoms with Gasteiger partial charge in [0.05, 0.1) is 16.8 Å². The lowest BCUT2D eigenvalue weighted by Crippen LogP contribution is -2.24. The van der Waals surface area contributed by atoms with Gasteiger partial charge in [0, 0.05) is 23.6 Å². The van der Waals surface area contributed by atoms with E-state index in [4.69, 9.17) is 0 Å². The highest BCUT2D eigenvalue weighted by atomic mass is 32.1. The highest BCUT2D eigenvalue weighted by Gasteiger charge is 2.33. The molecule has 2 heterocycles. The van der Waals surface area contributed by atoms with Crippen LogP contribution in [0.4, 0.5) is 5.13 Å². The molecule has 1 aromatic heterocycles. The summed E-state index contributed by atoms with van der Waals surface area (Å²) in [6, 6.07) is 12.5. The van der Waals surface area contributed by atoms with Crippen molar-refractivity contribution in [3.8, 4) is 11.3 Å². The molecule has 0 saturated heterocycles. The van der Waals surface area contributed by atoms with Crippen molar-refractivity contribution in [1.82, 2.24) is 9.88 Å². The van der Waals surface area contributed by atoms with Crippen LogP contribution in [0.1, 0.15) is 36.6 Å². The minimum atomic E-state index is -0.402. The number of carbonyl (C=O) groups excluding carboxylic acids is 3. The molecular weight excluding hydrogens is 362 g/mol. The number of fused-ring (bicyclic) bond motifs is 1. The van der Waals surface area contributed by atoms with E-state index in [2.05, 4.69) is 10.3 Å². The molecule has 1 aliphatic heterocycles. The van der Waals surface area contributed by atoms with Crippen LogP contribution in [0.2, 0.25) is 0 Å². The Morgan fingerprint density at radius 3 is 2.48 bits per heavy atom. The maximum atomic E-state index is 12.5. The molecule has 0 radical (unpaired) electrons. The molecule has 0 atom stereocenters. The molecule has 0 unspecified atom stereocenters. The number of hydrogen-bond acceptors (Lipinski definition) is 5. The molecule has 7 heteroatoms. The monoisotopic (exact) mass is 377 g/mol. The first-order valence-corrected chi connectivity index (χ1v) is 9.12. The van der Waals surface area contributed by atoms with Crippen molar-refractivity contribution in [2.45, 2.75) is 6.92 Å². The number of thiazole rings is 1. The molecule has 6 nitrogen and oxygen atoms in total.